The maximum absolute atomic E-state index is 12.4. The first-order valence-electron chi connectivity index (χ1n) is 11.7. The number of ether oxygens (including phenoxy) is 1. The number of rotatable bonds is 7. The molecule has 38 heavy (non-hydrogen) atoms. The second-order valence-electron chi connectivity index (χ2n) is 8.86. The van der Waals surface area contributed by atoms with E-state index in [2.05, 4.69) is 15.6 Å². The number of phenols is 1. The fourth-order valence-electron chi connectivity index (χ4n) is 3.69. The molecule has 3 N–H and O–H groups in total. The molecule has 2 amide bonds. The van der Waals surface area contributed by atoms with Crippen molar-refractivity contribution in [1.29, 1.82) is 0 Å². The quantitative estimate of drug-likeness (QED) is 0.271. The van der Waals surface area contributed by atoms with Gasteiger partial charge in [0.15, 0.2) is 6.61 Å². The van der Waals surface area contributed by atoms with Crippen LogP contribution in [0.15, 0.2) is 64.5 Å². The zero-order valence-corrected chi connectivity index (χ0v) is 23.2. The molecule has 0 radical (unpaired) electrons. The van der Waals surface area contributed by atoms with Crippen LogP contribution in [0.1, 0.15) is 36.5 Å². The maximum Gasteiger partial charge on any atom is 0.289 e. The fourth-order valence-corrected chi connectivity index (χ4v) is 4.73. The molecule has 0 spiro atoms. The number of nitrogens with one attached hydrogen (secondary N) is 2. The van der Waals surface area contributed by atoms with Gasteiger partial charge >= 0.3 is 0 Å². The number of benzene rings is 3. The van der Waals surface area contributed by atoms with Crippen LogP contribution in [0.2, 0.25) is 10.0 Å². The molecule has 10 heteroatoms. The molecule has 1 heterocycles. The lowest BCUT2D eigenvalue weighted by Gasteiger charge is -2.12. The topological polar surface area (TPSA) is 100 Å². The SMILES string of the molecule is Cc1cc(O)c(C(C)C)cc1N=C1NC(=O)S/C1=C\c1cc(Cl)ccc1OCC(=O)Nc1ccc(Cl)cc1. The molecule has 1 saturated heterocycles. The third-order valence-electron chi connectivity index (χ3n) is 5.60. The summed E-state index contributed by atoms with van der Waals surface area (Å²) in [6, 6.07) is 15.2. The summed E-state index contributed by atoms with van der Waals surface area (Å²) in [6.07, 6.45) is 1.73. The average molecular weight is 570 g/mol. The first-order valence-corrected chi connectivity index (χ1v) is 13.3. The van der Waals surface area contributed by atoms with E-state index in [4.69, 9.17) is 27.9 Å². The van der Waals surface area contributed by atoms with Gasteiger partial charge in [0.1, 0.15) is 17.3 Å². The van der Waals surface area contributed by atoms with Crippen molar-refractivity contribution in [2.75, 3.05) is 11.9 Å². The molecule has 3 aromatic carbocycles. The number of thioether (sulfide) groups is 1. The molecule has 0 bridgehead atoms. The third-order valence-corrected chi connectivity index (χ3v) is 6.91. The number of anilines is 1. The summed E-state index contributed by atoms with van der Waals surface area (Å²) in [7, 11) is 0. The summed E-state index contributed by atoms with van der Waals surface area (Å²) in [6.45, 7) is 5.57. The highest BCUT2D eigenvalue weighted by atomic mass is 35.5. The number of phenolic OH excluding ortho intramolecular Hbond substituents is 1. The minimum atomic E-state index is -0.348. The van der Waals surface area contributed by atoms with Crippen molar-refractivity contribution in [2.45, 2.75) is 26.7 Å². The van der Waals surface area contributed by atoms with E-state index in [1.54, 1.807) is 54.6 Å². The van der Waals surface area contributed by atoms with Crippen molar-refractivity contribution in [3.05, 3.63) is 86.2 Å². The number of amidine groups is 1. The summed E-state index contributed by atoms with van der Waals surface area (Å²) in [5, 5.41) is 16.6. The summed E-state index contributed by atoms with van der Waals surface area (Å²) in [4.78, 5) is 30.0. The van der Waals surface area contributed by atoms with E-state index in [0.717, 1.165) is 22.9 Å². The van der Waals surface area contributed by atoms with Crippen LogP contribution in [-0.2, 0) is 4.79 Å². The Kier molecular flexibility index (Phi) is 8.66. The number of hydrogen-bond donors (Lipinski definition) is 3. The number of aryl methyl sites for hydroxylation is 1. The predicted octanol–water partition coefficient (Wildman–Crippen LogP) is 7.68. The molecule has 0 atom stereocenters. The van der Waals surface area contributed by atoms with Crippen LogP contribution in [0, 0.1) is 6.92 Å². The molecule has 196 valence electrons. The molecule has 7 nitrogen and oxygen atoms in total. The van der Waals surface area contributed by atoms with Crippen LogP contribution in [0.25, 0.3) is 6.08 Å². The summed E-state index contributed by atoms with van der Waals surface area (Å²) in [5.41, 5.74) is 3.34. The lowest BCUT2D eigenvalue weighted by molar-refractivity contribution is -0.118. The van der Waals surface area contributed by atoms with Gasteiger partial charge in [0.25, 0.3) is 11.1 Å². The number of aromatic hydroxyl groups is 1. The summed E-state index contributed by atoms with van der Waals surface area (Å²) >= 11 is 13.1. The van der Waals surface area contributed by atoms with Gasteiger partial charge in [-0.15, -0.1) is 0 Å². The standard InChI is InChI=1S/C28H25Cl2N3O4S/c1-15(2)21-13-22(16(3)10-23(21)34)32-27-25(38-28(36)33-27)12-17-11-19(30)6-9-24(17)37-14-26(35)31-20-7-4-18(29)5-8-20/h4-13,15,34H,14H2,1-3H3,(H,31,35)(H,32,33,36)/b25-12-. The lowest BCUT2D eigenvalue weighted by Crippen LogP contribution is -2.20. The highest BCUT2D eigenvalue weighted by Crippen LogP contribution is 2.36. The molecule has 0 saturated carbocycles. The van der Waals surface area contributed by atoms with E-state index in [1.807, 2.05) is 26.8 Å². The Balaban J connectivity index is 1.59. The number of amides is 2. The van der Waals surface area contributed by atoms with Crippen LogP contribution < -0.4 is 15.4 Å². The predicted molar refractivity (Wildman–Crippen MR) is 155 cm³/mol. The van der Waals surface area contributed by atoms with Crippen molar-refractivity contribution in [3.8, 4) is 11.5 Å². The first-order chi connectivity index (χ1) is 18.1. The third kappa shape index (κ3) is 6.89. The van der Waals surface area contributed by atoms with E-state index >= 15 is 0 Å². The van der Waals surface area contributed by atoms with Gasteiger partial charge in [-0.3, -0.25) is 9.59 Å². The van der Waals surface area contributed by atoms with E-state index in [9.17, 15) is 14.7 Å². The Bertz CT molecular complexity index is 1450. The minimum absolute atomic E-state index is 0.0974. The second kappa shape index (κ2) is 11.9. The van der Waals surface area contributed by atoms with Gasteiger partial charge in [0, 0.05) is 21.3 Å². The van der Waals surface area contributed by atoms with E-state index < -0.39 is 0 Å². The van der Waals surface area contributed by atoms with Crippen LogP contribution in [0.5, 0.6) is 11.5 Å². The molecule has 1 aliphatic rings. The number of halogens is 2. The molecule has 0 aromatic heterocycles. The molecule has 0 unspecified atom stereocenters. The Morgan fingerprint density at radius 1 is 1.13 bits per heavy atom. The monoisotopic (exact) mass is 569 g/mol. The summed E-state index contributed by atoms with van der Waals surface area (Å²) < 4.78 is 5.79. The Labute approximate surface area is 234 Å². The van der Waals surface area contributed by atoms with Crippen molar-refractivity contribution < 1.29 is 19.4 Å². The van der Waals surface area contributed by atoms with Crippen LogP contribution in [-0.4, -0.2) is 28.7 Å². The number of hydrogen-bond acceptors (Lipinski definition) is 6. The number of carbonyl (C=O) groups excluding carboxylic acids is 2. The molecular weight excluding hydrogens is 545 g/mol. The molecule has 1 aliphatic heterocycles. The van der Waals surface area contributed by atoms with E-state index in [-0.39, 0.29) is 29.4 Å². The average Bonchev–Trinajstić information content (AvgIpc) is 3.19. The van der Waals surface area contributed by atoms with Crippen LogP contribution in [0.4, 0.5) is 16.2 Å². The van der Waals surface area contributed by atoms with Gasteiger partial charge in [0.05, 0.1) is 10.6 Å². The van der Waals surface area contributed by atoms with Crippen molar-refractivity contribution in [1.82, 2.24) is 5.32 Å². The summed E-state index contributed by atoms with van der Waals surface area (Å²) in [5.74, 6) is 0.743. The minimum Gasteiger partial charge on any atom is -0.508 e. The van der Waals surface area contributed by atoms with Crippen molar-refractivity contribution >= 4 is 69.4 Å². The number of aliphatic imine (C=N–C) groups is 1. The molecule has 0 aliphatic carbocycles. The van der Waals surface area contributed by atoms with Crippen molar-refractivity contribution in [2.24, 2.45) is 4.99 Å². The van der Waals surface area contributed by atoms with Gasteiger partial charge in [-0.05, 0) is 96.4 Å². The smallest absolute Gasteiger partial charge is 0.289 e. The zero-order valence-electron chi connectivity index (χ0n) is 20.8. The van der Waals surface area contributed by atoms with Gasteiger partial charge < -0.3 is 20.5 Å². The zero-order chi connectivity index (χ0) is 27.4. The van der Waals surface area contributed by atoms with Gasteiger partial charge in [0.2, 0.25) is 0 Å². The molecule has 4 rings (SSSR count). The van der Waals surface area contributed by atoms with Crippen molar-refractivity contribution in [3.63, 3.8) is 0 Å². The number of nitrogens with zero attached hydrogens (tertiary/aromatic N) is 1. The van der Waals surface area contributed by atoms with Gasteiger partial charge in [-0.25, -0.2) is 4.99 Å². The van der Waals surface area contributed by atoms with E-state index in [1.165, 1.54) is 0 Å². The Morgan fingerprint density at radius 2 is 1.84 bits per heavy atom. The fraction of sp³-hybridized carbons (Fsp3) is 0.179. The number of carbonyl (C=O) groups is 2. The van der Waals surface area contributed by atoms with Crippen LogP contribution >= 0.6 is 35.0 Å². The Morgan fingerprint density at radius 3 is 2.55 bits per heavy atom. The van der Waals surface area contributed by atoms with Crippen LogP contribution in [0.3, 0.4) is 0 Å². The van der Waals surface area contributed by atoms with Gasteiger partial charge in [-0.2, -0.15) is 0 Å². The normalized spacial score (nSPS) is 15.3. The molecule has 1 fully saturated rings. The molecular formula is C28H25Cl2N3O4S. The first kappa shape index (κ1) is 27.6. The molecule has 3 aromatic rings. The second-order valence-corrected chi connectivity index (χ2v) is 10.7. The van der Waals surface area contributed by atoms with E-state index in [0.29, 0.717) is 43.5 Å². The highest BCUT2D eigenvalue weighted by Gasteiger charge is 2.25. The van der Waals surface area contributed by atoms with Gasteiger partial charge in [-0.1, -0.05) is 37.0 Å². The lowest BCUT2D eigenvalue weighted by atomic mass is 9.99. The largest absolute Gasteiger partial charge is 0.508 e. The maximum atomic E-state index is 12.4. The Hall–Kier alpha value is -3.46. The highest BCUT2D eigenvalue weighted by molar-refractivity contribution is 8.18.